The summed E-state index contributed by atoms with van der Waals surface area (Å²) in [6, 6.07) is 7.93. The number of carbonyl (C=O) groups excluding carboxylic acids is 1. The molecule has 1 aliphatic heterocycles. The summed E-state index contributed by atoms with van der Waals surface area (Å²) in [7, 11) is 5.20. The Morgan fingerprint density at radius 1 is 1.13 bits per heavy atom. The lowest BCUT2D eigenvalue weighted by molar-refractivity contribution is -0.127. The molecule has 1 amide bonds. The number of carbonyl (C=O) groups is 1. The van der Waals surface area contributed by atoms with Crippen LogP contribution in [0.4, 0.5) is 0 Å². The van der Waals surface area contributed by atoms with Gasteiger partial charge in [0.05, 0.1) is 26.3 Å². The molecular formula is C24H38N4O3. The molecular weight excluding hydrogens is 392 g/mol. The minimum atomic E-state index is 0.0342. The van der Waals surface area contributed by atoms with Gasteiger partial charge in [0, 0.05) is 33.8 Å². The van der Waals surface area contributed by atoms with Crippen LogP contribution in [0.5, 0.6) is 5.75 Å². The molecule has 2 aliphatic rings. The number of benzene rings is 1. The summed E-state index contributed by atoms with van der Waals surface area (Å²) >= 11 is 0. The highest BCUT2D eigenvalue weighted by atomic mass is 16.5. The number of methoxy groups -OCH3 is 1. The van der Waals surface area contributed by atoms with Crippen LogP contribution in [-0.4, -0.2) is 75.2 Å². The molecule has 1 aromatic rings. The fourth-order valence-corrected chi connectivity index (χ4v) is 4.16. The molecule has 0 radical (unpaired) electrons. The normalized spacial score (nSPS) is 18.3. The number of nitrogens with one attached hydrogen (secondary N) is 1. The first kappa shape index (κ1) is 23.4. The van der Waals surface area contributed by atoms with Crippen LogP contribution < -0.4 is 10.1 Å². The van der Waals surface area contributed by atoms with Crippen LogP contribution >= 0.6 is 0 Å². The molecule has 0 spiro atoms. The summed E-state index contributed by atoms with van der Waals surface area (Å²) in [5, 5.41) is 3.27. The largest absolute Gasteiger partial charge is 0.497 e. The van der Waals surface area contributed by atoms with Gasteiger partial charge in [0.1, 0.15) is 5.75 Å². The lowest BCUT2D eigenvalue weighted by Crippen LogP contribution is -2.49. The maximum absolute atomic E-state index is 12.1. The Morgan fingerprint density at radius 2 is 1.81 bits per heavy atom. The van der Waals surface area contributed by atoms with Crippen molar-refractivity contribution in [2.75, 3.05) is 47.4 Å². The number of hydrogen-bond acceptors (Lipinski definition) is 4. The SMILES string of the molecule is COc1ccc(CN=C(NCC(=O)N(C)C)N2CCC(OCC3CCCC3)CC2)cc1. The van der Waals surface area contributed by atoms with Gasteiger partial charge in [-0.3, -0.25) is 4.79 Å². The zero-order valence-corrected chi connectivity index (χ0v) is 19.3. The third kappa shape index (κ3) is 7.42. The van der Waals surface area contributed by atoms with E-state index in [1.807, 2.05) is 24.3 Å². The summed E-state index contributed by atoms with van der Waals surface area (Å²) in [5.74, 6) is 2.42. The number of nitrogens with zero attached hydrogens (tertiary/aromatic N) is 3. The van der Waals surface area contributed by atoms with E-state index in [1.54, 1.807) is 26.1 Å². The molecule has 1 aliphatic carbocycles. The average molecular weight is 431 g/mol. The number of aliphatic imine (C=N–C) groups is 1. The first-order chi connectivity index (χ1) is 15.0. The summed E-state index contributed by atoms with van der Waals surface area (Å²) in [4.78, 5) is 20.8. The van der Waals surface area contributed by atoms with E-state index in [9.17, 15) is 4.79 Å². The van der Waals surface area contributed by atoms with E-state index in [0.29, 0.717) is 12.6 Å². The third-order valence-corrected chi connectivity index (χ3v) is 6.25. The van der Waals surface area contributed by atoms with Crippen molar-refractivity contribution < 1.29 is 14.3 Å². The number of likely N-dealkylation sites (tertiary alicyclic amines) is 1. The summed E-state index contributed by atoms with van der Waals surface area (Å²) in [6.07, 6.45) is 7.70. The standard InChI is InChI=1S/C24H38N4O3/c1-27(2)23(29)17-26-24(25-16-19-8-10-21(30-3)11-9-19)28-14-12-22(13-15-28)31-18-20-6-4-5-7-20/h8-11,20,22H,4-7,12-18H2,1-3H3,(H,25,26). The molecule has 0 unspecified atom stereocenters. The number of piperidine rings is 1. The van der Waals surface area contributed by atoms with Crippen molar-refractivity contribution in [3.05, 3.63) is 29.8 Å². The smallest absolute Gasteiger partial charge is 0.241 e. The molecule has 2 fully saturated rings. The van der Waals surface area contributed by atoms with Crippen molar-refractivity contribution >= 4 is 11.9 Å². The highest BCUT2D eigenvalue weighted by molar-refractivity contribution is 5.86. The molecule has 1 N–H and O–H groups in total. The topological polar surface area (TPSA) is 66.4 Å². The average Bonchev–Trinajstić information content (AvgIpc) is 3.32. The minimum absolute atomic E-state index is 0.0342. The molecule has 7 nitrogen and oxygen atoms in total. The number of hydrogen-bond donors (Lipinski definition) is 1. The second-order valence-corrected chi connectivity index (χ2v) is 8.80. The predicted molar refractivity (Wildman–Crippen MR) is 123 cm³/mol. The minimum Gasteiger partial charge on any atom is -0.497 e. The van der Waals surface area contributed by atoms with Crippen LogP contribution in [0, 0.1) is 5.92 Å². The Hall–Kier alpha value is -2.28. The quantitative estimate of drug-likeness (QED) is 0.507. The Balaban J connectivity index is 1.55. The fraction of sp³-hybridized carbons (Fsp3) is 0.667. The summed E-state index contributed by atoms with van der Waals surface area (Å²) in [5.41, 5.74) is 1.11. The number of likely N-dealkylation sites (N-methyl/N-ethyl adjacent to an activating group) is 1. The molecule has 172 valence electrons. The summed E-state index contributed by atoms with van der Waals surface area (Å²) in [6.45, 7) is 3.49. The molecule has 0 aromatic heterocycles. The Bertz CT molecular complexity index is 706. The van der Waals surface area contributed by atoms with Crippen LogP contribution in [-0.2, 0) is 16.1 Å². The van der Waals surface area contributed by atoms with Crippen LogP contribution in [0.3, 0.4) is 0 Å². The Kier molecular flexibility index (Phi) is 9.00. The Morgan fingerprint density at radius 3 is 2.42 bits per heavy atom. The molecule has 1 saturated carbocycles. The van der Waals surface area contributed by atoms with Crippen molar-refractivity contribution in [2.45, 2.75) is 51.2 Å². The lowest BCUT2D eigenvalue weighted by Gasteiger charge is -2.34. The summed E-state index contributed by atoms with van der Waals surface area (Å²) < 4.78 is 11.4. The van der Waals surface area contributed by atoms with Crippen molar-refractivity contribution in [3.8, 4) is 5.75 Å². The third-order valence-electron chi connectivity index (χ3n) is 6.25. The molecule has 0 bridgehead atoms. The van der Waals surface area contributed by atoms with E-state index >= 15 is 0 Å². The monoisotopic (exact) mass is 430 g/mol. The van der Waals surface area contributed by atoms with Crippen molar-refractivity contribution in [1.82, 2.24) is 15.1 Å². The molecule has 7 heteroatoms. The molecule has 3 rings (SSSR count). The van der Waals surface area contributed by atoms with Crippen LogP contribution in [0.1, 0.15) is 44.1 Å². The van der Waals surface area contributed by atoms with Gasteiger partial charge in [-0.25, -0.2) is 4.99 Å². The second kappa shape index (κ2) is 11.9. The lowest BCUT2D eigenvalue weighted by atomic mass is 10.1. The second-order valence-electron chi connectivity index (χ2n) is 8.80. The highest BCUT2D eigenvalue weighted by Crippen LogP contribution is 2.26. The van der Waals surface area contributed by atoms with Gasteiger partial charge in [0.15, 0.2) is 5.96 Å². The van der Waals surface area contributed by atoms with Crippen molar-refractivity contribution in [1.29, 1.82) is 0 Å². The molecule has 31 heavy (non-hydrogen) atoms. The first-order valence-corrected chi connectivity index (χ1v) is 11.5. The molecule has 1 heterocycles. The van der Waals surface area contributed by atoms with Crippen LogP contribution in [0.2, 0.25) is 0 Å². The van der Waals surface area contributed by atoms with Gasteiger partial charge >= 0.3 is 0 Å². The molecule has 1 saturated heterocycles. The molecule has 0 atom stereocenters. The maximum Gasteiger partial charge on any atom is 0.241 e. The van der Waals surface area contributed by atoms with Crippen molar-refractivity contribution in [3.63, 3.8) is 0 Å². The fourth-order valence-electron chi connectivity index (χ4n) is 4.16. The van der Waals surface area contributed by atoms with Gasteiger partial charge in [-0.1, -0.05) is 25.0 Å². The van der Waals surface area contributed by atoms with E-state index in [-0.39, 0.29) is 12.5 Å². The van der Waals surface area contributed by atoms with Crippen molar-refractivity contribution in [2.24, 2.45) is 10.9 Å². The van der Waals surface area contributed by atoms with E-state index in [1.165, 1.54) is 25.7 Å². The zero-order chi connectivity index (χ0) is 22.1. The van der Waals surface area contributed by atoms with E-state index < -0.39 is 0 Å². The first-order valence-electron chi connectivity index (χ1n) is 11.5. The van der Waals surface area contributed by atoms with E-state index in [2.05, 4.69) is 10.2 Å². The van der Waals surface area contributed by atoms with Gasteiger partial charge in [-0.2, -0.15) is 0 Å². The predicted octanol–water partition coefficient (Wildman–Crippen LogP) is 2.90. The number of rotatable bonds is 8. The maximum atomic E-state index is 12.1. The van der Waals surface area contributed by atoms with Crippen LogP contribution in [0.25, 0.3) is 0 Å². The van der Waals surface area contributed by atoms with E-state index in [4.69, 9.17) is 14.5 Å². The van der Waals surface area contributed by atoms with E-state index in [0.717, 1.165) is 55.7 Å². The van der Waals surface area contributed by atoms with Gasteiger partial charge < -0.3 is 24.6 Å². The van der Waals surface area contributed by atoms with Gasteiger partial charge in [-0.05, 0) is 49.3 Å². The van der Waals surface area contributed by atoms with Crippen LogP contribution in [0.15, 0.2) is 29.3 Å². The van der Waals surface area contributed by atoms with Gasteiger partial charge in [0.25, 0.3) is 0 Å². The zero-order valence-electron chi connectivity index (χ0n) is 19.3. The molecule has 1 aromatic carbocycles. The van der Waals surface area contributed by atoms with Gasteiger partial charge in [0.2, 0.25) is 5.91 Å². The Labute approximate surface area is 186 Å². The number of ether oxygens (including phenoxy) is 2. The highest BCUT2D eigenvalue weighted by Gasteiger charge is 2.24. The number of guanidine groups is 1. The van der Waals surface area contributed by atoms with Gasteiger partial charge in [-0.15, -0.1) is 0 Å². The number of amides is 1.